The number of hydrogen-bond donors (Lipinski definition) is 0. The van der Waals surface area contributed by atoms with E-state index in [1.807, 2.05) is 47.9 Å². The summed E-state index contributed by atoms with van der Waals surface area (Å²) in [5, 5.41) is 0.624. The molecule has 7 heteroatoms. The van der Waals surface area contributed by atoms with Crippen LogP contribution in [0.4, 0.5) is 4.39 Å². The molecule has 0 bridgehead atoms. The first-order valence-corrected chi connectivity index (χ1v) is 14.1. The number of amides is 1. The molecule has 0 N–H and O–H groups in total. The van der Waals surface area contributed by atoms with Gasteiger partial charge < -0.3 is 9.64 Å². The van der Waals surface area contributed by atoms with Crippen molar-refractivity contribution in [1.29, 1.82) is 0 Å². The molecule has 1 saturated heterocycles. The molecule has 2 aromatic rings. The maximum Gasteiger partial charge on any atom is 0.255 e. The number of nitrogens with zero attached hydrogens (tertiary/aromatic N) is 1. The summed E-state index contributed by atoms with van der Waals surface area (Å²) in [4.78, 5) is 16.3. The number of benzene rings is 2. The van der Waals surface area contributed by atoms with Crippen LogP contribution < -0.4 is 0 Å². The minimum absolute atomic E-state index is 0.0137. The van der Waals surface area contributed by atoms with E-state index < -0.39 is 23.6 Å². The third-order valence-electron chi connectivity index (χ3n) is 6.87. The van der Waals surface area contributed by atoms with Crippen molar-refractivity contribution in [3.8, 4) is 0 Å². The molecule has 194 valence electrons. The molecule has 4 atom stereocenters. The molecule has 0 radical (unpaired) electrons. The van der Waals surface area contributed by atoms with Crippen LogP contribution in [0.5, 0.6) is 0 Å². The first-order valence-electron chi connectivity index (χ1n) is 12.4. The fourth-order valence-corrected chi connectivity index (χ4v) is 6.35. The summed E-state index contributed by atoms with van der Waals surface area (Å²) in [5.74, 6) is 0.582. The molecule has 1 amide bonds. The van der Waals surface area contributed by atoms with Crippen molar-refractivity contribution < 1.29 is 13.9 Å². The van der Waals surface area contributed by atoms with Gasteiger partial charge in [-0.2, -0.15) is 11.8 Å². The molecular formula is C29H34Cl2FNO2S. The van der Waals surface area contributed by atoms with Gasteiger partial charge in [0.1, 0.15) is 17.5 Å². The lowest BCUT2D eigenvalue weighted by Gasteiger charge is -2.52. The highest BCUT2D eigenvalue weighted by atomic mass is 35.5. The molecule has 2 aliphatic rings. The van der Waals surface area contributed by atoms with E-state index in [0.717, 1.165) is 24.2 Å². The van der Waals surface area contributed by atoms with Crippen molar-refractivity contribution in [3.05, 3.63) is 82.1 Å². The fourth-order valence-electron chi connectivity index (χ4n) is 4.93. The highest BCUT2D eigenvalue weighted by Gasteiger charge is 2.54. The number of hydrogen-bond acceptors (Lipinski definition) is 3. The summed E-state index contributed by atoms with van der Waals surface area (Å²) >= 11 is 14.3. The Kier molecular flexibility index (Phi) is 8.16. The topological polar surface area (TPSA) is 29.5 Å². The SMILES string of the molecule is C=CCC1(C)OC(c2cccc(Cl)c2)C(c2ccc(Cl)c(F)c2)N(C(CSC(C)(C)C)C2CC2)C1=O. The second kappa shape index (κ2) is 10.7. The van der Waals surface area contributed by atoms with Crippen LogP contribution in [0.15, 0.2) is 55.1 Å². The van der Waals surface area contributed by atoms with Crippen molar-refractivity contribution >= 4 is 40.9 Å². The van der Waals surface area contributed by atoms with Gasteiger partial charge in [0.15, 0.2) is 0 Å². The van der Waals surface area contributed by atoms with E-state index >= 15 is 0 Å². The summed E-state index contributed by atoms with van der Waals surface area (Å²) in [6.07, 6.45) is 3.69. The highest BCUT2D eigenvalue weighted by Crippen LogP contribution is 2.51. The van der Waals surface area contributed by atoms with Gasteiger partial charge in [0.05, 0.1) is 11.1 Å². The van der Waals surface area contributed by atoms with Crippen LogP contribution in [0, 0.1) is 11.7 Å². The summed E-state index contributed by atoms with van der Waals surface area (Å²) in [5.41, 5.74) is 0.395. The van der Waals surface area contributed by atoms with Crippen molar-refractivity contribution in [1.82, 2.24) is 4.90 Å². The molecule has 3 nitrogen and oxygen atoms in total. The number of carbonyl (C=O) groups excluding carboxylic acids is 1. The number of rotatable bonds is 8. The van der Waals surface area contributed by atoms with Crippen LogP contribution in [0.1, 0.15) is 70.2 Å². The first-order chi connectivity index (χ1) is 16.9. The quantitative estimate of drug-likeness (QED) is 0.309. The average molecular weight is 551 g/mol. The number of thioether (sulfide) groups is 1. The maximum absolute atomic E-state index is 14.8. The lowest BCUT2D eigenvalue weighted by Crippen LogP contribution is -2.61. The minimum Gasteiger partial charge on any atom is -0.355 e. The Hall–Kier alpha value is -1.53. The molecule has 2 fully saturated rings. The van der Waals surface area contributed by atoms with Gasteiger partial charge in [0.25, 0.3) is 5.91 Å². The lowest BCUT2D eigenvalue weighted by molar-refractivity contribution is -0.202. The van der Waals surface area contributed by atoms with Crippen molar-refractivity contribution in [2.45, 2.75) is 75.5 Å². The lowest BCUT2D eigenvalue weighted by atomic mass is 9.85. The largest absolute Gasteiger partial charge is 0.355 e. The molecule has 4 unspecified atom stereocenters. The smallest absolute Gasteiger partial charge is 0.255 e. The van der Waals surface area contributed by atoms with E-state index in [1.54, 1.807) is 18.2 Å². The van der Waals surface area contributed by atoms with Crippen LogP contribution in [-0.4, -0.2) is 32.9 Å². The Balaban J connectivity index is 1.90. The monoisotopic (exact) mass is 549 g/mol. The Morgan fingerprint density at radius 2 is 1.94 bits per heavy atom. The third-order valence-corrected chi connectivity index (χ3v) is 8.78. The maximum atomic E-state index is 14.8. The Morgan fingerprint density at radius 3 is 2.53 bits per heavy atom. The van der Waals surface area contributed by atoms with E-state index in [2.05, 4.69) is 27.4 Å². The van der Waals surface area contributed by atoms with E-state index in [4.69, 9.17) is 27.9 Å². The van der Waals surface area contributed by atoms with E-state index in [0.29, 0.717) is 22.9 Å². The Morgan fingerprint density at radius 1 is 1.22 bits per heavy atom. The minimum atomic E-state index is -1.10. The molecule has 1 heterocycles. The van der Waals surface area contributed by atoms with E-state index in [-0.39, 0.29) is 21.7 Å². The first kappa shape index (κ1) is 27.5. The van der Waals surface area contributed by atoms with Crippen LogP contribution in [0.3, 0.4) is 0 Å². The van der Waals surface area contributed by atoms with Gasteiger partial charge in [-0.05, 0) is 61.1 Å². The third kappa shape index (κ3) is 5.96. The zero-order chi connectivity index (χ0) is 26.3. The molecule has 1 saturated carbocycles. The molecule has 2 aromatic carbocycles. The molecule has 0 spiro atoms. The van der Waals surface area contributed by atoms with Gasteiger partial charge in [0.2, 0.25) is 0 Å². The van der Waals surface area contributed by atoms with Gasteiger partial charge in [0, 0.05) is 28.0 Å². The number of carbonyl (C=O) groups is 1. The summed E-state index contributed by atoms with van der Waals surface area (Å²) in [7, 11) is 0. The van der Waals surface area contributed by atoms with Crippen molar-refractivity contribution in [2.75, 3.05) is 5.75 Å². The normalized spacial score (nSPS) is 25.6. The number of halogens is 3. The molecule has 1 aliphatic carbocycles. The van der Waals surface area contributed by atoms with Crippen LogP contribution >= 0.6 is 35.0 Å². The van der Waals surface area contributed by atoms with Crippen molar-refractivity contribution in [2.24, 2.45) is 5.92 Å². The number of ether oxygens (including phenoxy) is 1. The summed E-state index contributed by atoms with van der Waals surface area (Å²) < 4.78 is 21.5. The summed E-state index contributed by atoms with van der Waals surface area (Å²) in [6.45, 7) is 12.3. The van der Waals surface area contributed by atoms with Crippen LogP contribution in [0.2, 0.25) is 10.0 Å². The molecule has 0 aromatic heterocycles. The van der Waals surface area contributed by atoms with E-state index in [9.17, 15) is 9.18 Å². The predicted molar refractivity (Wildman–Crippen MR) is 148 cm³/mol. The van der Waals surface area contributed by atoms with Gasteiger partial charge in [-0.25, -0.2) is 4.39 Å². The average Bonchev–Trinajstić information content (AvgIpc) is 3.63. The second-order valence-corrected chi connectivity index (χ2v) is 13.7. The van der Waals surface area contributed by atoms with Crippen LogP contribution in [0.25, 0.3) is 0 Å². The van der Waals surface area contributed by atoms with Crippen LogP contribution in [-0.2, 0) is 9.53 Å². The Bertz CT molecular complexity index is 1130. The molecule has 1 aliphatic heterocycles. The highest BCUT2D eigenvalue weighted by molar-refractivity contribution is 8.00. The molecule has 4 rings (SSSR count). The fraction of sp³-hybridized carbons (Fsp3) is 0.483. The molecular weight excluding hydrogens is 516 g/mol. The zero-order valence-electron chi connectivity index (χ0n) is 21.3. The van der Waals surface area contributed by atoms with E-state index in [1.165, 1.54) is 6.07 Å². The summed E-state index contributed by atoms with van der Waals surface area (Å²) in [6, 6.07) is 11.7. The second-order valence-electron chi connectivity index (χ2n) is 11.0. The van der Waals surface area contributed by atoms with Gasteiger partial charge >= 0.3 is 0 Å². The van der Waals surface area contributed by atoms with Gasteiger partial charge in [-0.1, -0.05) is 68.2 Å². The Labute approximate surface area is 228 Å². The predicted octanol–water partition coefficient (Wildman–Crippen LogP) is 8.42. The standard InChI is InChI=1S/C29H34Cl2FNO2S/c1-6-14-29(5)27(34)33(24(18-10-11-18)17-36-28(2,3)4)25(19-12-13-22(31)23(32)16-19)26(35-29)20-8-7-9-21(30)15-20/h6-9,12-13,15-16,18,24-26H,1,10-11,14,17H2,2-5H3. The molecule has 36 heavy (non-hydrogen) atoms. The zero-order valence-corrected chi connectivity index (χ0v) is 23.6. The number of morpholine rings is 1. The van der Waals surface area contributed by atoms with Gasteiger partial charge in [-0.3, -0.25) is 4.79 Å². The van der Waals surface area contributed by atoms with Crippen molar-refractivity contribution in [3.63, 3.8) is 0 Å². The van der Waals surface area contributed by atoms with Gasteiger partial charge in [-0.15, -0.1) is 6.58 Å².